The van der Waals surface area contributed by atoms with Crippen molar-refractivity contribution in [2.24, 2.45) is 0 Å². The quantitative estimate of drug-likeness (QED) is 0.108. The van der Waals surface area contributed by atoms with Crippen molar-refractivity contribution in [3.05, 3.63) is 57.5 Å². The van der Waals surface area contributed by atoms with E-state index in [0.717, 1.165) is 91.1 Å². The molecule has 0 aliphatic rings. The summed E-state index contributed by atoms with van der Waals surface area (Å²) < 4.78 is 22.5. The van der Waals surface area contributed by atoms with Gasteiger partial charge in [-0.2, -0.15) is 8.75 Å². The summed E-state index contributed by atoms with van der Waals surface area (Å²) in [6.45, 7) is 5.89. The molecule has 0 aliphatic heterocycles. The molecule has 0 unspecified atom stereocenters. The fourth-order valence-corrected chi connectivity index (χ4v) is 6.60. The minimum absolute atomic E-state index is 0.728. The van der Waals surface area contributed by atoms with Crippen LogP contribution in [-0.4, -0.2) is 31.9 Å². The molecule has 0 fully saturated rings. The highest BCUT2D eigenvalue weighted by Gasteiger charge is 2.21. The maximum Gasteiger partial charge on any atom is 0.122 e. The van der Waals surface area contributed by atoms with Crippen LogP contribution < -0.4 is 9.47 Å². The smallest absolute Gasteiger partial charge is 0.122 e. The van der Waals surface area contributed by atoms with Gasteiger partial charge < -0.3 is 9.47 Å². The number of halogens is 2. The van der Waals surface area contributed by atoms with Crippen molar-refractivity contribution in [3.8, 4) is 34.0 Å². The van der Waals surface area contributed by atoms with E-state index in [1.54, 1.807) is 0 Å². The largest absolute Gasteiger partial charge is 0.494 e. The normalized spacial score (nSPS) is 11.4. The fraction of sp³-hybridized carbons (Fsp3) is 0.375. The topological polar surface area (TPSA) is 70.0 Å². The van der Waals surface area contributed by atoms with Gasteiger partial charge in [0.1, 0.15) is 33.6 Å². The van der Waals surface area contributed by atoms with Crippen molar-refractivity contribution in [3.63, 3.8) is 0 Å². The Morgan fingerprint density at radius 1 is 0.561 bits per heavy atom. The zero-order chi connectivity index (χ0) is 28.6. The number of hydrogen-bond donors (Lipinski definition) is 0. The monoisotopic (exact) mass is 696 g/mol. The van der Waals surface area contributed by atoms with Crippen molar-refractivity contribution in [1.82, 2.24) is 18.7 Å². The molecule has 0 N–H and O–H groups in total. The summed E-state index contributed by atoms with van der Waals surface area (Å²) in [7, 11) is 0. The Hall–Kier alpha value is -2.62. The number of rotatable bonds is 14. The Balaban J connectivity index is 1.49. The lowest BCUT2D eigenvalue weighted by atomic mass is 10.0. The molecule has 0 bridgehead atoms. The van der Waals surface area contributed by atoms with Crippen molar-refractivity contribution in [2.45, 2.75) is 65.2 Å². The van der Waals surface area contributed by atoms with E-state index in [2.05, 4.69) is 78.7 Å². The van der Waals surface area contributed by atoms with E-state index in [9.17, 15) is 0 Å². The first-order chi connectivity index (χ1) is 20.1. The summed E-state index contributed by atoms with van der Waals surface area (Å²) in [5, 5.41) is 0. The Morgan fingerprint density at radius 2 is 0.976 bits per heavy atom. The van der Waals surface area contributed by atoms with Crippen molar-refractivity contribution >= 4 is 65.7 Å². The number of fused-ring (bicyclic) bond motifs is 2. The van der Waals surface area contributed by atoms with Crippen LogP contribution in [-0.2, 0) is 0 Å². The molecule has 9 heteroatoms. The van der Waals surface area contributed by atoms with Crippen LogP contribution in [0.5, 0.6) is 11.5 Å². The SMILES string of the molecule is CCCCCCOc1ccc(-c2nc3c(Br)c4nsnc4c(Br)c3nc2-c2ccc(OCCCCCC)cc2)cc1. The highest BCUT2D eigenvalue weighted by molar-refractivity contribution is 9.11. The summed E-state index contributed by atoms with van der Waals surface area (Å²) in [5.74, 6) is 1.72. The number of benzene rings is 3. The second-order valence-corrected chi connectivity index (χ2v) is 12.2. The Morgan fingerprint density at radius 3 is 1.37 bits per heavy atom. The van der Waals surface area contributed by atoms with Gasteiger partial charge in [-0.1, -0.05) is 52.4 Å². The zero-order valence-corrected chi connectivity index (χ0v) is 27.4. The Kier molecular flexibility index (Phi) is 10.6. The predicted molar refractivity (Wildman–Crippen MR) is 176 cm³/mol. The molecule has 41 heavy (non-hydrogen) atoms. The van der Waals surface area contributed by atoms with Crippen LogP contribution in [0.25, 0.3) is 44.6 Å². The number of nitrogens with zero attached hydrogens (tertiary/aromatic N) is 4. The first-order valence-corrected chi connectivity index (χ1v) is 16.7. The molecule has 0 saturated heterocycles. The van der Waals surface area contributed by atoms with E-state index >= 15 is 0 Å². The first kappa shape index (κ1) is 29.9. The molecule has 3 aromatic carbocycles. The second-order valence-electron chi connectivity index (χ2n) is 10.1. The summed E-state index contributed by atoms with van der Waals surface area (Å²) in [5.41, 5.74) is 6.51. The molecule has 0 atom stereocenters. The molecule has 0 radical (unpaired) electrons. The van der Waals surface area contributed by atoms with Crippen LogP contribution >= 0.6 is 43.6 Å². The van der Waals surface area contributed by atoms with Crippen LogP contribution in [0.4, 0.5) is 0 Å². The molecule has 5 rings (SSSR count). The summed E-state index contributed by atoms with van der Waals surface area (Å²) in [6, 6.07) is 16.3. The number of unbranched alkanes of at least 4 members (excludes halogenated alkanes) is 6. The lowest BCUT2D eigenvalue weighted by Gasteiger charge is -2.14. The number of aromatic nitrogens is 4. The average molecular weight is 699 g/mol. The van der Waals surface area contributed by atoms with Gasteiger partial charge in [-0.05, 0) is 93.2 Å². The molecular weight excluding hydrogens is 664 g/mol. The molecule has 0 saturated carbocycles. The van der Waals surface area contributed by atoms with E-state index in [0.29, 0.717) is 0 Å². The standard InChI is InChI=1S/C32H34Br2N4O2S/c1-3-5-7-9-19-39-23-15-11-21(12-16-23)27-28(22-13-17-24(18-14-22)40-20-10-8-6-4-2)36-30-26(34)32-31(37-41-38-32)25(33)29(30)35-27/h11-18H,3-10,19-20H2,1-2H3. The number of hydrogen-bond acceptors (Lipinski definition) is 7. The third-order valence-electron chi connectivity index (χ3n) is 7.00. The van der Waals surface area contributed by atoms with Gasteiger partial charge in [0.05, 0.1) is 45.3 Å². The molecule has 2 aromatic heterocycles. The van der Waals surface area contributed by atoms with Gasteiger partial charge in [-0.15, -0.1) is 0 Å². The van der Waals surface area contributed by atoms with Gasteiger partial charge in [0, 0.05) is 11.1 Å². The fourth-order valence-electron chi connectivity index (χ4n) is 4.70. The molecule has 0 spiro atoms. The molecule has 214 valence electrons. The van der Waals surface area contributed by atoms with Crippen LogP contribution in [0.1, 0.15) is 65.2 Å². The van der Waals surface area contributed by atoms with Crippen molar-refractivity contribution < 1.29 is 9.47 Å². The van der Waals surface area contributed by atoms with Gasteiger partial charge in [-0.25, -0.2) is 9.97 Å². The van der Waals surface area contributed by atoms with Gasteiger partial charge in [-0.3, -0.25) is 0 Å². The highest BCUT2D eigenvalue weighted by atomic mass is 79.9. The average Bonchev–Trinajstić information content (AvgIpc) is 3.51. The third-order valence-corrected chi connectivity index (χ3v) is 9.04. The van der Waals surface area contributed by atoms with E-state index in [-0.39, 0.29) is 0 Å². The van der Waals surface area contributed by atoms with E-state index in [4.69, 9.17) is 19.4 Å². The third kappa shape index (κ3) is 7.07. The van der Waals surface area contributed by atoms with E-state index in [1.165, 1.54) is 50.3 Å². The maximum atomic E-state index is 5.99. The molecule has 2 heterocycles. The van der Waals surface area contributed by atoms with Crippen molar-refractivity contribution in [1.29, 1.82) is 0 Å². The summed E-state index contributed by atoms with van der Waals surface area (Å²) in [4.78, 5) is 10.3. The van der Waals surface area contributed by atoms with Crippen molar-refractivity contribution in [2.75, 3.05) is 13.2 Å². The predicted octanol–water partition coefficient (Wildman–Crippen LogP) is 10.4. The second kappa shape index (κ2) is 14.5. The van der Waals surface area contributed by atoms with Crippen LogP contribution in [0.15, 0.2) is 57.5 Å². The van der Waals surface area contributed by atoms with Gasteiger partial charge >= 0.3 is 0 Å². The molecular formula is C32H34Br2N4O2S. The molecule has 0 amide bonds. The molecule has 6 nitrogen and oxygen atoms in total. The lowest BCUT2D eigenvalue weighted by molar-refractivity contribution is 0.305. The molecule has 5 aromatic rings. The van der Waals surface area contributed by atoms with Crippen LogP contribution in [0, 0.1) is 0 Å². The zero-order valence-electron chi connectivity index (χ0n) is 23.5. The summed E-state index contributed by atoms with van der Waals surface area (Å²) >= 11 is 8.64. The van der Waals surface area contributed by atoms with E-state index in [1.807, 2.05) is 24.3 Å². The minimum atomic E-state index is 0.728. The van der Waals surface area contributed by atoms with Crippen LogP contribution in [0.3, 0.4) is 0 Å². The lowest BCUT2D eigenvalue weighted by Crippen LogP contribution is -2.00. The first-order valence-electron chi connectivity index (χ1n) is 14.4. The maximum absolute atomic E-state index is 5.99. The van der Waals surface area contributed by atoms with Crippen LogP contribution in [0.2, 0.25) is 0 Å². The van der Waals surface area contributed by atoms with Gasteiger partial charge in [0.15, 0.2) is 0 Å². The Bertz CT molecular complexity index is 1470. The van der Waals surface area contributed by atoms with E-state index < -0.39 is 0 Å². The summed E-state index contributed by atoms with van der Waals surface area (Å²) in [6.07, 6.45) is 9.44. The van der Waals surface area contributed by atoms with Gasteiger partial charge in [0.2, 0.25) is 0 Å². The molecule has 0 aliphatic carbocycles. The number of ether oxygens (including phenoxy) is 2. The van der Waals surface area contributed by atoms with Gasteiger partial charge in [0.25, 0.3) is 0 Å². The minimum Gasteiger partial charge on any atom is -0.494 e. The highest BCUT2D eigenvalue weighted by Crippen LogP contribution is 2.40. The Labute approximate surface area is 262 Å².